The number of nitrogens with zero attached hydrogens (tertiary/aromatic N) is 2. The summed E-state index contributed by atoms with van der Waals surface area (Å²) < 4.78 is 10.8. The van der Waals surface area contributed by atoms with E-state index in [0.717, 1.165) is 22.8 Å². The van der Waals surface area contributed by atoms with Gasteiger partial charge in [0.15, 0.2) is 5.96 Å². The molecular formula is C18H25IN4O2. The maximum absolute atomic E-state index is 5.41. The quantitative estimate of drug-likeness (QED) is 0.381. The van der Waals surface area contributed by atoms with Gasteiger partial charge in [0.2, 0.25) is 5.88 Å². The van der Waals surface area contributed by atoms with Crippen molar-refractivity contribution >= 4 is 29.9 Å². The zero-order chi connectivity index (χ0) is 17.2. The lowest BCUT2D eigenvalue weighted by Crippen LogP contribution is -2.36. The molecule has 0 aliphatic carbocycles. The van der Waals surface area contributed by atoms with Crippen molar-refractivity contribution in [1.29, 1.82) is 0 Å². The Kier molecular flexibility index (Phi) is 9.68. The maximum Gasteiger partial charge on any atom is 0.213 e. The van der Waals surface area contributed by atoms with Crippen LogP contribution in [0.4, 0.5) is 0 Å². The van der Waals surface area contributed by atoms with Gasteiger partial charge < -0.3 is 20.1 Å². The van der Waals surface area contributed by atoms with E-state index in [2.05, 4.69) is 20.6 Å². The second kappa shape index (κ2) is 11.5. The van der Waals surface area contributed by atoms with Gasteiger partial charge in [0.1, 0.15) is 5.75 Å². The molecule has 0 saturated carbocycles. The predicted molar refractivity (Wildman–Crippen MR) is 111 cm³/mol. The van der Waals surface area contributed by atoms with E-state index in [9.17, 15) is 0 Å². The minimum atomic E-state index is 0. The van der Waals surface area contributed by atoms with Crippen molar-refractivity contribution in [3.05, 3.63) is 53.7 Å². The van der Waals surface area contributed by atoms with Crippen molar-refractivity contribution in [2.75, 3.05) is 20.8 Å². The van der Waals surface area contributed by atoms with Crippen LogP contribution in [-0.2, 0) is 13.1 Å². The Morgan fingerprint density at radius 3 is 2.64 bits per heavy atom. The first-order valence-electron chi connectivity index (χ1n) is 7.91. The zero-order valence-electron chi connectivity index (χ0n) is 14.8. The van der Waals surface area contributed by atoms with Crippen LogP contribution >= 0.6 is 24.0 Å². The molecular weight excluding hydrogens is 431 g/mol. The van der Waals surface area contributed by atoms with E-state index in [0.29, 0.717) is 25.6 Å². The molecule has 2 N–H and O–H groups in total. The van der Waals surface area contributed by atoms with Gasteiger partial charge in [-0.3, -0.25) is 4.99 Å². The summed E-state index contributed by atoms with van der Waals surface area (Å²) in [6, 6.07) is 11.8. The van der Waals surface area contributed by atoms with E-state index in [1.54, 1.807) is 20.4 Å². The van der Waals surface area contributed by atoms with Gasteiger partial charge in [-0.15, -0.1) is 24.0 Å². The van der Waals surface area contributed by atoms with Crippen LogP contribution < -0.4 is 20.1 Å². The molecule has 0 atom stereocenters. The highest BCUT2D eigenvalue weighted by molar-refractivity contribution is 14.0. The number of aliphatic imine (C=N–C) groups is 1. The molecule has 0 spiro atoms. The monoisotopic (exact) mass is 456 g/mol. The number of guanidine groups is 1. The third kappa shape index (κ3) is 6.77. The number of halogens is 1. The number of hydrogen-bond donors (Lipinski definition) is 2. The number of benzene rings is 1. The second-order valence-electron chi connectivity index (χ2n) is 5.03. The summed E-state index contributed by atoms with van der Waals surface area (Å²) in [6.07, 6.45) is 1.74. The largest absolute Gasteiger partial charge is 0.496 e. The Labute approximate surface area is 166 Å². The standard InChI is InChI=1S/C18H24N4O2.HI/c1-4-24-17-11-14(9-10-20-17)12-21-18(19-2)22-13-15-7-5-6-8-16(15)23-3;/h5-11H,4,12-13H2,1-3H3,(H2,19,21,22);1H. The van der Waals surface area contributed by atoms with Gasteiger partial charge in [0.25, 0.3) is 0 Å². The van der Waals surface area contributed by atoms with Crippen LogP contribution in [0.1, 0.15) is 18.1 Å². The Morgan fingerprint density at radius 2 is 1.92 bits per heavy atom. The minimum Gasteiger partial charge on any atom is -0.496 e. The van der Waals surface area contributed by atoms with Gasteiger partial charge in [0.05, 0.1) is 13.7 Å². The van der Waals surface area contributed by atoms with Crippen molar-refractivity contribution in [2.24, 2.45) is 4.99 Å². The molecule has 2 rings (SSSR count). The number of ether oxygens (including phenoxy) is 2. The topological polar surface area (TPSA) is 67.8 Å². The van der Waals surface area contributed by atoms with E-state index >= 15 is 0 Å². The van der Waals surface area contributed by atoms with Crippen molar-refractivity contribution in [3.8, 4) is 11.6 Å². The normalized spacial score (nSPS) is 10.6. The van der Waals surface area contributed by atoms with Crippen LogP contribution in [-0.4, -0.2) is 31.7 Å². The summed E-state index contributed by atoms with van der Waals surface area (Å²) in [6.45, 7) is 3.81. The van der Waals surface area contributed by atoms with Crippen LogP contribution in [0.15, 0.2) is 47.6 Å². The van der Waals surface area contributed by atoms with E-state index in [1.165, 1.54) is 0 Å². The molecule has 0 unspecified atom stereocenters. The highest BCUT2D eigenvalue weighted by atomic mass is 127. The predicted octanol–water partition coefficient (Wildman–Crippen LogP) is 2.97. The van der Waals surface area contributed by atoms with Crippen molar-refractivity contribution in [1.82, 2.24) is 15.6 Å². The number of methoxy groups -OCH3 is 1. The van der Waals surface area contributed by atoms with Crippen molar-refractivity contribution in [3.63, 3.8) is 0 Å². The van der Waals surface area contributed by atoms with Crippen LogP contribution in [0.25, 0.3) is 0 Å². The number of pyridine rings is 1. The zero-order valence-corrected chi connectivity index (χ0v) is 17.1. The fourth-order valence-corrected chi connectivity index (χ4v) is 2.22. The fraction of sp³-hybridized carbons (Fsp3) is 0.333. The lowest BCUT2D eigenvalue weighted by atomic mass is 10.2. The molecule has 1 aromatic heterocycles. The summed E-state index contributed by atoms with van der Waals surface area (Å²) in [4.78, 5) is 8.40. The molecule has 1 aromatic carbocycles. The molecule has 136 valence electrons. The van der Waals surface area contributed by atoms with E-state index in [-0.39, 0.29) is 24.0 Å². The smallest absolute Gasteiger partial charge is 0.213 e. The van der Waals surface area contributed by atoms with Crippen LogP contribution in [0.5, 0.6) is 11.6 Å². The first-order chi connectivity index (χ1) is 11.8. The van der Waals surface area contributed by atoms with Gasteiger partial charge in [0, 0.05) is 38.0 Å². The van der Waals surface area contributed by atoms with Crippen LogP contribution in [0.2, 0.25) is 0 Å². The summed E-state index contributed by atoms with van der Waals surface area (Å²) in [5.41, 5.74) is 2.15. The van der Waals surface area contributed by atoms with Gasteiger partial charge in [-0.25, -0.2) is 4.98 Å². The van der Waals surface area contributed by atoms with Crippen molar-refractivity contribution in [2.45, 2.75) is 20.0 Å². The number of hydrogen-bond acceptors (Lipinski definition) is 4. The van der Waals surface area contributed by atoms with Gasteiger partial charge in [-0.05, 0) is 24.6 Å². The van der Waals surface area contributed by atoms with Gasteiger partial charge in [-0.2, -0.15) is 0 Å². The Hall–Kier alpha value is -2.03. The number of para-hydroxylation sites is 1. The molecule has 6 nitrogen and oxygen atoms in total. The Balaban J connectivity index is 0.00000312. The fourth-order valence-electron chi connectivity index (χ4n) is 2.22. The van der Waals surface area contributed by atoms with Crippen LogP contribution in [0, 0.1) is 0 Å². The molecule has 0 radical (unpaired) electrons. The van der Waals surface area contributed by atoms with E-state index in [4.69, 9.17) is 9.47 Å². The molecule has 1 heterocycles. The first-order valence-corrected chi connectivity index (χ1v) is 7.91. The van der Waals surface area contributed by atoms with E-state index < -0.39 is 0 Å². The summed E-state index contributed by atoms with van der Waals surface area (Å²) in [5.74, 6) is 2.21. The second-order valence-corrected chi connectivity index (χ2v) is 5.03. The van der Waals surface area contributed by atoms with Crippen molar-refractivity contribution < 1.29 is 9.47 Å². The number of rotatable bonds is 7. The molecule has 25 heavy (non-hydrogen) atoms. The number of nitrogens with one attached hydrogen (secondary N) is 2. The van der Waals surface area contributed by atoms with Gasteiger partial charge >= 0.3 is 0 Å². The molecule has 7 heteroatoms. The summed E-state index contributed by atoms with van der Waals surface area (Å²) >= 11 is 0. The summed E-state index contributed by atoms with van der Waals surface area (Å²) in [5, 5.41) is 6.56. The van der Waals surface area contributed by atoms with Crippen LogP contribution in [0.3, 0.4) is 0 Å². The molecule has 0 amide bonds. The molecule has 0 aliphatic rings. The third-order valence-corrected chi connectivity index (χ3v) is 3.41. The molecule has 0 aliphatic heterocycles. The molecule has 0 fully saturated rings. The average Bonchev–Trinajstić information content (AvgIpc) is 2.63. The highest BCUT2D eigenvalue weighted by Gasteiger charge is 2.04. The first kappa shape index (κ1) is 21.0. The lowest BCUT2D eigenvalue weighted by molar-refractivity contribution is 0.326. The Bertz CT molecular complexity index is 680. The summed E-state index contributed by atoms with van der Waals surface area (Å²) in [7, 11) is 3.42. The maximum atomic E-state index is 5.41. The minimum absolute atomic E-state index is 0. The lowest BCUT2D eigenvalue weighted by Gasteiger charge is -2.14. The highest BCUT2D eigenvalue weighted by Crippen LogP contribution is 2.16. The molecule has 0 bridgehead atoms. The number of aromatic nitrogens is 1. The molecule has 2 aromatic rings. The SMILES string of the molecule is CCOc1cc(CNC(=NC)NCc2ccccc2OC)ccn1.I. The van der Waals surface area contributed by atoms with Gasteiger partial charge in [-0.1, -0.05) is 18.2 Å². The third-order valence-electron chi connectivity index (χ3n) is 3.41. The Morgan fingerprint density at radius 1 is 1.16 bits per heavy atom. The van der Waals surface area contributed by atoms with E-state index in [1.807, 2.05) is 43.3 Å². The average molecular weight is 456 g/mol. The molecule has 0 saturated heterocycles.